The molecule has 4 nitrogen and oxygen atoms in total. The molecule has 26 heavy (non-hydrogen) atoms. The maximum atomic E-state index is 12.7. The van der Waals surface area contributed by atoms with E-state index in [9.17, 15) is 9.59 Å². The van der Waals surface area contributed by atoms with E-state index >= 15 is 0 Å². The van der Waals surface area contributed by atoms with Gasteiger partial charge in [0.15, 0.2) is 0 Å². The molecule has 1 aliphatic carbocycles. The van der Waals surface area contributed by atoms with Crippen LogP contribution in [0.1, 0.15) is 58.4 Å². The maximum Gasteiger partial charge on any atom is 0.242 e. The molecule has 1 unspecified atom stereocenters. The summed E-state index contributed by atoms with van der Waals surface area (Å²) in [6, 6.07) is 9.35. The second-order valence-corrected chi connectivity index (χ2v) is 7.43. The van der Waals surface area contributed by atoms with Gasteiger partial charge in [-0.3, -0.25) is 9.59 Å². The molecule has 1 N–H and O–H groups in total. The third kappa shape index (κ3) is 6.01. The van der Waals surface area contributed by atoms with E-state index in [0.717, 1.165) is 24.8 Å². The van der Waals surface area contributed by atoms with Gasteiger partial charge in [0.25, 0.3) is 0 Å². The van der Waals surface area contributed by atoms with Gasteiger partial charge in [0.05, 0.1) is 0 Å². The van der Waals surface area contributed by atoms with Crippen molar-refractivity contribution in [2.24, 2.45) is 5.92 Å². The second-order valence-electron chi connectivity index (χ2n) is 7.43. The normalized spacial score (nSPS) is 15.3. The molecule has 0 saturated heterocycles. The summed E-state index contributed by atoms with van der Waals surface area (Å²) in [5.41, 5.74) is 2.48. The fraction of sp³-hybridized carbons (Fsp3) is 0.545. The molecule has 0 saturated carbocycles. The smallest absolute Gasteiger partial charge is 0.242 e. The van der Waals surface area contributed by atoms with E-state index in [4.69, 9.17) is 0 Å². The van der Waals surface area contributed by atoms with E-state index in [1.54, 1.807) is 4.90 Å². The first kappa shape index (κ1) is 20.2. The molecule has 1 aromatic rings. The van der Waals surface area contributed by atoms with Gasteiger partial charge in [-0.15, -0.1) is 0 Å². The van der Waals surface area contributed by atoms with Gasteiger partial charge in [-0.1, -0.05) is 55.8 Å². The molecule has 0 bridgehead atoms. The lowest BCUT2D eigenvalue weighted by atomic mass is 9.97. The molecule has 0 aromatic heterocycles. The van der Waals surface area contributed by atoms with E-state index in [1.807, 2.05) is 51.1 Å². The average Bonchev–Trinajstić information content (AvgIpc) is 2.66. The van der Waals surface area contributed by atoms with Crippen molar-refractivity contribution in [2.75, 3.05) is 6.54 Å². The van der Waals surface area contributed by atoms with Crippen molar-refractivity contribution in [3.05, 3.63) is 47.5 Å². The summed E-state index contributed by atoms with van der Waals surface area (Å²) < 4.78 is 0. The number of hydrogen-bond donors (Lipinski definition) is 1. The lowest BCUT2D eigenvalue weighted by molar-refractivity contribution is -0.143. The average molecular weight is 357 g/mol. The van der Waals surface area contributed by atoms with Crippen LogP contribution in [0.3, 0.4) is 0 Å². The first-order chi connectivity index (χ1) is 12.5. The molecule has 0 fully saturated rings. The highest BCUT2D eigenvalue weighted by atomic mass is 16.2. The van der Waals surface area contributed by atoms with Gasteiger partial charge >= 0.3 is 0 Å². The van der Waals surface area contributed by atoms with Gasteiger partial charge in [-0.25, -0.2) is 0 Å². The number of rotatable bonds is 8. The number of amides is 2. The SMILES string of the molecule is CC(C)C(=O)N(Cc1ccccc1)C(C)C(=O)NCCC1=CCCCC1. The lowest BCUT2D eigenvalue weighted by Crippen LogP contribution is -2.49. The monoisotopic (exact) mass is 356 g/mol. The van der Waals surface area contributed by atoms with Crippen molar-refractivity contribution in [1.29, 1.82) is 0 Å². The summed E-state index contributed by atoms with van der Waals surface area (Å²) in [5, 5.41) is 3.02. The van der Waals surface area contributed by atoms with Crippen LogP contribution in [0.5, 0.6) is 0 Å². The van der Waals surface area contributed by atoms with Crippen LogP contribution in [0, 0.1) is 5.92 Å². The van der Waals surface area contributed by atoms with Crippen LogP contribution in [0.4, 0.5) is 0 Å². The highest BCUT2D eigenvalue weighted by Crippen LogP contribution is 2.19. The molecule has 1 aromatic carbocycles. The van der Waals surface area contributed by atoms with Crippen LogP contribution in [0.25, 0.3) is 0 Å². The van der Waals surface area contributed by atoms with Crippen LogP contribution >= 0.6 is 0 Å². The van der Waals surface area contributed by atoms with Crippen molar-refractivity contribution in [3.8, 4) is 0 Å². The molecule has 0 aliphatic heterocycles. The Hall–Kier alpha value is -2.10. The molecule has 4 heteroatoms. The number of benzene rings is 1. The highest BCUT2D eigenvalue weighted by Gasteiger charge is 2.27. The lowest BCUT2D eigenvalue weighted by Gasteiger charge is -2.30. The number of hydrogen-bond acceptors (Lipinski definition) is 2. The molecule has 2 amide bonds. The summed E-state index contributed by atoms with van der Waals surface area (Å²) in [6.45, 7) is 6.67. The molecule has 142 valence electrons. The molecular weight excluding hydrogens is 324 g/mol. The number of carbonyl (C=O) groups excluding carboxylic acids is 2. The fourth-order valence-corrected chi connectivity index (χ4v) is 3.28. The van der Waals surface area contributed by atoms with Crippen molar-refractivity contribution < 1.29 is 9.59 Å². The van der Waals surface area contributed by atoms with Crippen LogP contribution < -0.4 is 5.32 Å². The molecule has 1 atom stereocenters. The molecule has 0 radical (unpaired) electrons. The van der Waals surface area contributed by atoms with Crippen LogP contribution in [0.15, 0.2) is 42.0 Å². The van der Waals surface area contributed by atoms with Crippen molar-refractivity contribution in [1.82, 2.24) is 10.2 Å². The zero-order chi connectivity index (χ0) is 18.9. The maximum absolute atomic E-state index is 12.7. The Labute approximate surface area is 157 Å². The molecule has 0 heterocycles. The van der Waals surface area contributed by atoms with Crippen LogP contribution in [0.2, 0.25) is 0 Å². The first-order valence-electron chi connectivity index (χ1n) is 9.79. The minimum absolute atomic E-state index is 0.00601. The standard InChI is InChI=1S/C22H32N2O2/c1-17(2)22(26)24(16-20-12-8-5-9-13-20)18(3)21(25)23-15-14-19-10-6-4-7-11-19/h5,8-10,12-13,17-18H,4,6-7,11,14-16H2,1-3H3,(H,23,25). The third-order valence-corrected chi connectivity index (χ3v) is 4.95. The van der Waals surface area contributed by atoms with E-state index < -0.39 is 6.04 Å². The minimum Gasteiger partial charge on any atom is -0.354 e. The van der Waals surface area contributed by atoms with Crippen LogP contribution in [-0.4, -0.2) is 29.3 Å². The summed E-state index contributed by atoms with van der Waals surface area (Å²) in [5.74, 6) is -0.209. The Morgan fingerprint density at radius 3 is 2.46 bits per heavy atom. The summed E-state index contributed by atoms with van der Waals surface area (Å²) in [7, 11) is 0. The van der Waals surface area contributed by atoms with Gasteiger partial charge in [0, 0.05) is 19.0 Å². The predicted molar refractivity (Wildman–Crippen MR) is 105 cm³/mol. The second kappa shape index (κ2) is 10.1. The number of allylic oxidation sites excluding steroid dienone is 1. The van der Waals surface area contributed by atoms with Crippen molar-refractivity contribution >= 4 is 11.8 Å². The Morgan fingerprint density at radius 1 is 1.12 bits per heavy atom. The van der Waals surface area contributed by atoms with Crippen molar-refractivity contribution in [3.63, 3.8) is 0 Å². The van der Waals surface area contributed by atoms with Gasteiger partial charge < -0.3 is 10.2 Å². The quantitative estimate of drug-likeness (QED) is 0.714. The summed E-state index contributed by atoms with van der Waals surface area (Å²) in [4.78, 5) is 27.0. The number of nitrogens with zero attached hydrogens (tertiary/aromatic N) is 1. The molecular formula is C22H32N2O2. The van der Waals surface area contributed by atoms with E-state index in [2.05, 4.69) is 11.4 Å². The topological polar surface area (TPSA) is 49.4 Å². The van der Waals surface area contributed by atoms with Crippen LogP contribution in [-0.2, 0) is 16.1 Å². The zero-order valence-corrected chi connectivity index (χ0v) is 16.3. The fourth-order valence-electron chi connectivity index (χ4n) is 3.28. The van der Waals surface area contributed by atoms with Gasteiger partial charge in [0.2, 0.25) is 11.8 Å². The largest absolute Gasteiger partial charge is 0.354 e. The molecule has 0 spiro atoms. The minimum atomic E-state index is -0.481. The van der Waals surface area contributed by atoms with Crippen molar-refractivity contribution in [2.45, 2.75) is 65.5 Å². The highest BCUT2D eigenvalue weighted by molar-refractivity contribution is 5.88. The molecule has 2 rings (SSSR count). The predicted octanol–water partition coefficient (Wildman–Crippen LogP) is 4.07. The molecule has 1 aliphatic rings. The number of carbonyl (C=O) groups is 2. The Kier molecular flexibility index (Phi) is 7.89. The van der Waals surface area contributed by atoms with Gasteiger partial charge in [0.1, 0.15) is 6.04 Å². The first-order valence-corrected chi connectivity index (χ1v) is 9.79. The Bertz CT molecular complexity index is 622. The summed E-state index contributed by atoms with van der Waals surface area (Å²) in [6.07, 6.45) is 8.06. The van der Waals surface area contributed by atoms with Gasteiger partial charge in [-0.2, -0.15) is 0 Å². The zero-order valence-electron chi connectivity index (χ0n) is 16.3. The van der Waals surface area contributed by atoms with E-state index in [1.165, 1.54) is 18.4 Å². The van der Waals surface area contributed by atoms with E-state index in [0.29, 0.717) is 13.1 Å². The number of nitrogens with one attached hydrogen (secondary N) is 1. The Morgan fingerprint density at radius 2 is 1.85 bits per heavy atom. The third-order valence-electron chi connectivity index (χ3n) is 4.95. The Balaban J connectivity index is 1.95. The van der Waals surface area contributed by atoms with E-state index in [-0.39, 0.29) is 17.7 Å². The summed E-state index contributed by atoms with van der Waals surface area (Å²) >= 11 is 0. The van der Waals surface area contributed by atoms with Gasteiger partial charge in [-0.05, 0) is 44.6 Å².